The molecule has 0 radical (unpaired) electrons. The Morgan fingerprint density at radius 3 is 2.65 bits per heavy atom. The van der Waals surface area contributed by atoms with Crippen molar-refractivity contribution >= 4 is 27.5 Å². The molecule has 1 aromatic heterocycles. The molecule has 3 rings (SSSR count). The van der Waals surface area contributed by atoms with E-state index in [0.29, 0.717) is 19.6 Å². The lowest BCUT2D eigenvalue weighted by Gasteiger charge is -2.06. The fourth-order valence-corrected chi connectivity index (χ4v) is 4.10. The summed E-state index contributed by atoms with van der Waals surface area (Å²) in [5, 5.41) is 0. The summed E-state index contributed by atoms with van der Waals surface area (Å²) < 4.78 is 8.48. The van der Waals surface area contributed by atoms with Gasteiger partial charge in [0, 0.05) is 13.7 Å². The molecule has 0 aliphatic rings. The van der Waals surface area contributed by atoms with Crippen LogP contribution in [-0.4, -0.2) is 24.2 Å². The number of aryl methyl sites for hydroxylation is 3. The molecule has 0 spiro atoms. The van der Waals surface area contributed by atoms with Gasteiger partial charge in [0.1, 0.15) is 0 Å². The molecule has 136 valence electrons. The summed E-state index contributed by atoms with van der Waals surface area (Å²) in [5.41, 5.74) is 5.74. The summed E-state index contributed by atoms with van der Waals surface area (Å²) in [4.78, 5) is 17.7. The van der Waals surface area contributed by atoms with Gasteiger partial charge in [-0.05, 0) is 49.6 Å². The average molecular weight is 369 g/mol. The first-order chi connectivity index (χ1) is 12.5. The molecular formula is C21H24N2O2S. The highest BCUT2D eigenvalue weighted by Gasteiger charge is 2.10. The van der Waals surface area contributed by atoms with Gasteiger partial charge in [-0.25, -0.2) is 0 Å². The van der Waals surface area contributed by atoms with E-state index in [1.54, 1.807) is 18.4 Å². The summed E-state index contributed by atoms with van der Waals surface area (Å²) in [6.07, 6.45) is 0.318. The van der Waals surface area contributed by atoms with E-state index in [1.807, 2.05) is 31.2 Å². The van der Waals surface area contributed by atoms with Gasteiger partial charge in [0.2, 0.25) is 0 Å². The number of methoxy groups -OCH3 is 1. The van der Waals surface area contributed by atoms with E-state index in [2.05, 4.69) is 35.5 Å². The van der Waals surface area contributed by atoms with Gasteiger partial charge in [0.15, 0.2) is 4.80 Å². The Bertz CT molecular complexity index is 1010. The number of hydrogen-bond donors (Lipinski definition) is 0. The second-order valence-electron chi connectivity index (χ2n) is 6.60. The third-order valence-corrected chi connectivity index (χ3v) is 5.52. The maximum atomic E-state index is 12.5. The van der Waals surface area contributed by atoms with Crippen LogP contribution < -0.4 is 4.80 Å². The minimum Gasteiger partial charge on any atom is -0.383 e. The van der Waals surface area contributed by atoms with Crippen molar-refractivity contribution < 1.29 is 9.53 Å². The standard InChI is InChI=1S/C21H24N2O2S/c1-14-6-5-7-17(10-14)13-20(24)22-21-23(8-9-25-4)18-11-15(2)16(3)12-19(18)26-21/h5-7,10-12H,8-9,13H2,1-4H3. The summed E-state index contributed by atoms with van der Waals surface area (Å²) in [7, 11) is 1.68. The van der Waals surface area contributed by atoms with E-state index < -0.39 is 0 Å². The van der Waals surface area contributed by atoms with Crippen LogP contribution in [0, 0.1) is 20.8 Å². The van der Waals surface area contributed by atoms with Crippen molar-refractivity contribution in [3.05, 3.63) is 63.5 Å². The van der Waals surface area contributed by atoms with Crippen molar-refractivity contribution in [1.29, 1.82) is 0 Å². The molecule has 2 aromatic carbocycles. The van der Waals surface area contributed by atoms with Crippen molar-refractivity contribution in [1.82, 2.24) is 4.57 Å². The van der Waals surface area contributed by atoms with Crippen LogP contribution >= 0.6 is 11.3 Å². The number of rotatable bonds is 5. The molecule has 26 heavy (non-hydrogen) atoms. The first-order valence-electron chi connectivity index (χ1n) is 8.70. The van der Waals surface area contributed by atoms with Gasteiger partial charge >= 0.3 is 0 Å². The highest BCUT2D eigenvalue weighted by molar-refractivity contribution is 7.16. The fraction of sp³-hybridized carbons (Fsp3) is 0.333. The average Bonchev–Trinajstić information content (AvgIpc) is 2.89. The number of aromatic nitrogens is 1. The Balaban J connectivity index is 2.01. The van der Waals surface area contributed by atoms with Crippen LogP contribution in [0.5, 0.6) is 0 Å². The lowest BCUT2D eigenvalue weighted by atomic mass is 10.1. The van der Waals surface area contributed by atoms with Crippen molar-refractivity contribution in [2.24, 2.45) is 4.99 Å². The number of hydrogen-bond acceptors (Lipinski definition) is 3. The summed E-state index contributed by atoms with van der Waals surface area (Å²) in [6, 6.07) is 12.3. The molecule has 0 N–H and O–H groups in total. The van der Waals surface area contributed by atoms with Gasteiger partial charge in [0.25, 0.3) is 5.91 Å². The van der Waals surface area contributed by atoms with Gasteiger partial charge in [-0.2, -0.15) is 4.99 Å². The predicted molar refractivity (Wildman–Crippen MR) is 107 cm³/mol. The smallest absolute Gasteiger partial charge is 0.252 e. The lowest BCUT2D eigenvalue weighted by molar-refractivity contribution is -0.117. The minimum atomic E-state index is -0.123. The number of benzene rings is 2. The predicted octanol–water partition coefficient (Wildman–Crippen LogP) is 3.94. The molecule has 0 atom stereocenters. The SMILES string of the molecule is COCCn1c(=NC(=O)Cc2cccc(C)c2)sc2cc(C)c(C)cc21. The zero-order valence-electron chi connectivity index (χ0n) is 15.7. The van der Waals surface area contributed by atoms with Crippen LogP contribution in [0.4, 0.5) is 0 Å². The van der Waals surface area contributed by atoms with Gasteiger partial charge in [0.05, 0.1) is 23.2 Å². The Morgan fingerprint density at radius 1 is 1.15 bits per heavy atom. The minimum absolute atomic E-state index is 0.123. The molecule has 0 saturated carbocycles. The van der Waals surface area contributed by atoms with E-state index >= 15 is 0 Å². The first kappa shape index (κ1) is 18.5. The van der Waals surface area contributed by atoms with Crippen molar-refractivity contribution in [2.45, 2.75) is 33.7 Å². The van der Waals surface area contributed by atoms with E-state index in [4.69, 9.17) is 4.74 Å². The number of thiazole rings is 1. The first-order valence-corrected chi connectivity index (χ1v) is 9.52. The monoisotopic (exact) mass is 368 g/mol. The number of carbonyl (C=O) groups is 1. The summed E-state index contributed by atoms with van der Waals surface area (Å²) >= 11 is 1.56. The lowest BCUT2D eigenvalue weighted by Crippen LogP contribution is -2.19. The molecule has 0 saturated heterocycles. The molecular weight excluding hydrogens is 344 g/mol. The largest absolute Gasteiger partial charge is 0.383 e. The topological polar surface area (TPSA) is 43.6 Å². The quantitative estimate of drug-likeness (QED) is 0.684. The molecule has 5 heteroatoms. The second kappa shape index (κ2) is 7.98. The third kappa shape index (κ3) is 4.11. The summed E-state index contributed by atoms with van der Waals surface area (Å²) in [5.74, 6) is -0.123. The van der Waals surface area contributed by atoms with Gasteiger partial charge in [-0.1, -0.05) is 41.2 Å². The molecule has 0 aliphatic heterocycles. The highest BCUT2D eigenvalue weighted by Crippen LogP contribution is 2.22. The van der Waals surface area contributed by atoms with Crippen LogP contribution in [0.3, 0.4) is 0 Å². The molecule has 1 amide bonds. The zero-order valence-corrected chi connectivity index (χ0v) is 16.5. The Morgan fingerprint density at radius 2 is 1.92 bits per heavy atom. The Labute approximate surface area is 157 Å². The van der Waals surface area contributed by atoms with Crippen molar-refractivity contribution in [3.63, 3.8) is 0 Å². The second-order valence-corrected chi connectivity index (χ2v) is 7.61. The Hall–Kier alpha value is -2.24. The van der Waals surface area contributed by atoms with E-state index in [9.17, 15) is 4.79 Å². The maximum Gasteiger partial charge on any atom is 0.252 e. The van der Waals surface area contributed by atoms with Crippen molar-refractivity contribution in [3.8, 4) is 0 Å². The fourth-order valence-electron chi connectivity index (χ4n) is 2.95. The van der Waals surface area contributed by atoms with Gasteiger partial charge in [-0.3, -0.25) is 4.79 Å². The number of fused-ring (bicyclic) bond motifs is 1. The molecule has 1 heterocycles. The number of ether oxygens (including phenoxy) is 1. The van der Waals surface area contributed by atoms with Gasteiger partial charge in [-0.15, -0.1) is 0 Å². The molecule has 3 aromatic rings. The molecule has 0 unspecified atom stereocenters. The van der Waals surface area contributed by atoms with Crippen molar-refractivity contribution in [2.75, 3.05) is 13.7 Å². The maximum absolute atomic E-state index is 12.5. The molecule has 0 aliphatic carbocycles. The van der Waals surface area contributed by atoms with E-state index in [-0.39, 0.29) is 5.91 Å². The van der Waals surface area contributed by atoms with Gasteiger partial charge < -0.3 is 9.30 Å². The number of amides is 1. The van der Waals surface area contributed by atoms with Crippen LogP contribution in [-0.2, 0) is 22.5 Å². The molecule has 0 bridgehead atoms. The van der Waals surface area contributed by atoms with E-state index in [0.717, 1.165) is 26.1 Å². The van der Waals surface area contributed by atoms with Crippen LogP contribution in [0.2, 0.25) is 0 Å². The molecule has 4 nitrogen and oxygen atoms in total. The third-order valence-electron chi connectivity index (χ3n) is 4.48. The van der Waals surface area contributed by atoms with Crippen LogP contribution in [0.15, 0.2) is 41.4 Å². The Kier molecular flexibility index (Phi) is 5.69. The van der Waals surface area contributed by atoms with E-state index in [1.165, 1.54) is 11.1 Å². The highest BCUT2D eigenvalue weighted by atomic mass is 32.1. The molecule has 0 fully saturated rings. The number of carbonyl (C=O) groups excluding carboxylic acids is 1. The summed E-state index contributed by atoms with van der Waals surface area (Å²) in [6.45, 7) is 7.49. The number of nitrogens with zero attached hydrogens (tertiary/aromatic N) is 2. The van der Waals surface area contributed by atoms with Crippen LogP contribution in [0.25, 0.3) is 10.2 Å². The van der Waals surface area contributed by atoms with Crippen LogP contribution in [0.1, 0.15) is 22.3 Å². The zero-order chi connectivity index (χ0) is 18.7. The normalized spacial score (nSPS) is 12.1.